The standard InChI is InChI=1S/C71H108O33S2.2Na/c1-10-12-32(2)13-17-67(5,79)62-34(4)21-43-42(95-62)27-53-71(9,102-43)63(100-66-59(78)56(75)49(98-66)31-87-65-58(77)55(74)48(97-65)30-86-64-57(76)54(73)47(29-72)96-64)61-46(94-53)25-45-60(99-61)33(3)14-18-69(7)51(93-45)28-50-70(8,104-69)19-15-35-36(92-50)22-38-37(89-35)23-39-40(90-38)24-44-41(91-39)26-52(103-106(83,84)85)68(6,101-44)16-11-20-88-105(80,81)82;;/h10,13,17,33,35-66,72-79H,1-2,4,11-12,14-16,18-31H2,3,5-9H3,(H,80,81,82)(H,83,84,85);;/q;2*+1/p-2/b17-13+;;/t33-,35-,36+,37+,38-,39-,40+,41+,42+,43-,44-,45-,46+,47-,48-,49-,50-,51+,52-,53-,54-,55-,56-,57+,58+,59+,60+,61+,62+,63+,64-,65-,66+,67+,68+,69-,70+,71-;;/m0../s1. The van der Waals surface area contributed by atoms with Crippen LogP contribution in [0.15, 0.2) is 49.1 Å². The minimum Gasteiger partial charge on any atom is -0.726 e. The van der Waals surface area contributed by atoms with Crippen LogP contribution in [0.4, 0.5) is 0 Å². The molecule has 0 bridgehead atoms. The van der Waals surface area contributed by atoms with Crippen LogP contribution in [0, 0.1) is 5.92 Å². The first-order chi connectivity index (χ1) is 49.9. The smallest absolute Gasteiger partial charge is 0.726 e. The molecule has 14 aliphatic rings. The molecule has 14 heterocycles. The predicted octanol–water partition coefficient (Wildman–Crippen LogP) is -5.84. The number of ether oxygens (including phenoxy) is 17. The number of aliphatic hydroxyl groups is 8. The Bertz CT molecular complexity index is 3420. The molecule has 0 saturated carbocycles. The van der Waals surface area contributed by atoms with Gasteiger partial charge in [0.2, 0.25) is 20.8 Å². The maximum atomic E-state index is 12.0. The molecule has 14 fully saturated rings. The van der Waals surface area contributed by atoms with Crippen LogP contribution < -0.4 is 59.1 Å². The van der Waals surface area contributed by atoms with Crippen LogP contribution in [0.25, 0.3) is 0 Å². The molecular formula is C71H106Na2O33S2. The van der Waals surface area contributed by atoms with Gasteiger partial charge in [0.05, 0.1) is 141 Å². The van der Waals surface area contributed by atoms with E-state index in [-0.39, 0.29) is 109 Å². The van der Waals surface area contributed by atoms with Crippen molar-refractivity contribution < 1.29 is 215 Å². The third kappa shape index (κ3) is 17.9. The molecule has 14 aliphatic heterocycles. The molecule has 14 rings (SSSR count). The van der Waals surface area contributed by atoms with Crippen molar-refractivity contribution in [2.24, 2.45) is 5.92 Å². The van der Waals surface area contributed by atoms with Crippen molar-refractivity contribution in [3.8, 4) is 0 Å². The summed E-state index contributed by atoms with van der Waals surface area (Å²) in [6, 6.07) is 0. The van der Waals surface area contributed by atoms with Gasteiger partial charge in [0.15, 0.2) is 18.9 Å². The summed E-state index contributed by atoms with van der Waals surface area (Å²) in [7, 11) is -10.2. The first-order valence-electron chi connectivity index (χ1n) is 37.4. The Balaban J connectivity index is 0.00000545. The Morgan fingerprint density at radius 1 is 0.602 bits per heavy atom. The number of fused-ring (bicyclic) bond motifs is 10. The number of aliphatic hydroxyl groups excluding tert-OH is 7. The van der Waals surface area contributed by atoms with E-state index in [1.165, 1.54) is 0 Å². The van der Waals surface area contributed by atoms with Gasteiger partial charge in [-0.15, -0.1) is 6.58 Å². The maximum Gasteiger partial charge on any atom is 1.00 e. The third-order valence-corrected chi connectivity index (χ3v) is 26.0. The summed E-state index contributed by atoms with van der Waals surface area (Å²) >= 11 is 0. The van der Waals surface area contributed by atoms with E-state index in [0.717, 1.165) is 5.57 Å². The molecule has 38 atom stereocenters. The van der Waals surface area contributed by atoms with E-state index >= 15 is 0 Å². The Kier molecular flexibility index (Phi) is 27.3. The molecule has 0 aromatic heterocycles. The summed E-state index contributed by atoms with van der Waals surface area (Å²) in [5.74, 6) is -0.132. The van der Waals surface area contributed by atoms with Crippen LogP contribution in [-0.2, 0) is 110 Å². The van der Waals surface area contributed by atoms with Crippen molar-refractivity contribution in [3.05, 3.63) is 49.1 Å². The average Bonchev–Trinajstić information content (AvgIpc) is 0.814. The minimum atomic E-state index is -5.22. The molecule has 0 amide bonds. The van der Waals surface area contributed by atoms with Gasteiger partial charge in [0.25, 0.3) is 0 Å². The van der Waals surface area contributed by atoms with Crippen LogP contribution in [0.5, 0.6) is 0 Å². The van der Waals surface area contributed by atoms with Gasteiger partial charge in [-0.25, -0.2) is 16.8 Å². The Morgan fingerprint density at radius 2 is 1.12 bits per heavy atom. The monoisotopic (exact) mass is 1600 g/mol. The number of rotatable bonds is 21. The topological polar surface area (TPSA) is 452 Å². The van der Waals surface area contributed by atoms with Crippen molar-refractivity contribution in [1.82, 2.24) is 0 Å². The summed E-state index contributed by atoms with van der Waals surface area (Å²) in [5.41, 5.74) is -4.55. The molecule has 0 unspecified atom stereocenters. The second-order valence-electron chi connectivity index (χ2n) is 32.9. The Hall–Kier alpha value is -0.300. The largest absolute Gasteiger partial charge is 1.00 e. The fourth-order valence-electron chi connectivity index (χ4n) is 19.2. The second kappa shape index (κ2) is 33.8. The van der Waals surface area contributed by atoms with Crippen LogP contribution in [0.1, 0.15) is 138 Å². The van der Waals surface area contributed by atoms with E-state index in [1.54, 1.807) is 32.1 Å². The van der Waals surface area contributed by atoms with Crippen molar-refractivity contribution in [2.45, 2.75) is 362 Å². The van der Waals surface area contributed by atoms with Gasteiger partial charge in [-0.3, -0.25) is 8.37 Å². The number of hydrogen-bond acceptors (Lipinski definition) is 33. The summed E-state index contributed by atoms with van der Waals surface area (Å²) in [5, 5.41) is 87.7. The molecule has 108 heavy (non-hydrogen) atoms. The molecule has 37 heteroatoms. The van der Waals surface area contributed by atoms with Gasteiger partial charge in [0.1, 0.15) is 90.6 Å². The summed E-state index contributed by atoms with van der Waals surface area (Å²) in [4.78, 5) is 0. The van der Waals surface area contributed by atoms with Gasteiger partial charge in [-0.05, 0) is 97.5 Å². The first kappa shape index (κ1) is 87.0. The van der Waals surface area contributed by atoms with Crippen molar-refractivity contribution >= 4 is 20.8 Å². The number of allylic oxidation sites excluding steroid dienone is 3. The van der Waals surface area contributed by atoms with Crippen molar-refractivity contribution in [1.29, 1.82) is 0 Å². The molecule has 0 radical (unpaired) electrons. The summed E-state index contributed by atoms with van der Waals surface area (Å²) in [6.07, 6.45) is -19.7. The molecule has 0 aromatic carbocycles. The van der Waals surface area contributed by atoms with E-state index in [1.807, 2.05) is 6.92 Å². The minimum absolute atomic E-state index is 0. The van der Waals surface area contributed by atoms with E-state index < -0.39 is 259 Å². The molecule has 8 N–H and O–H groups in total. The summed E-state index contributed by atoms with van der Waals surface area (Å²) in [6.45, 7) is 21.6. The zero-order valence-corrected chi connectivity index (χ0v) is 68.1. The van der Waals surface area contributed by atoms with Gasteiger partial charge in [-0.1, -0.05) is 43.9 Å². The molecule has 14 saturated heterocycles. The molecule has 33 nitrogen and oxygen atoms in total. The van der Waals surface area contributed by atoms with Gasteiger partial charge in [0, 0.05) is 44.9 Å². The van der Waals surface area contributed by atoms with Gasteiger partial charge in [-0.2, -0.15) is 0 Å². The normalized spacial score (nSPS) is 50.4. The van der Waals surface area contributed by atoms with E-state index in [0.29, 0.717) is 69.8 Å². The molecule has 0 aromatic rings. The predicted molar refractivity (Wildman–Crippen MR) is 357 cm³/mol. The van der Waals surface area contributed by atoms with Crippen LogP contribution >= 0.6 is 0 Å². The van der Waals surface area contributed by atoms with Crippen LogP contribution in [0.2, 0.25) is 0 Å². The van der Waals surface area contributed by atoms with Crippen LogP contribution in [0.3, 0.4) is 0 Å². The first-order valence-corrected chi connectivity index (χ1v) is 40.1. The SMILES string of the molecule is C=CCC(=C)/C=C/[C@@](C)(O)[C@@H]1O[C@@H]2C[C@@H]3O[C@@H]4C[C@@H]5O[C@@H]6C[C@@H]7O[C@@H]8C[C@@H]9O[C@@H]%10C[C@@H]%11O[C@](C)(CCCOS(=O)(=O)[O-])[C@@H](OS(=O)(=O)[O-])C[C@H]%11O[C@H]%10C[C@H]9O[C@H]8CC[C@@]7(C)O[C@@]6(C)CC[C@H](C)[C@H]5O[C@H]4[C@@H](O[C@H]4O[C@@H](CO[C@H]5O[C@@H](CO[C@H]6O[C@@H](CO)[C@H](O)[C@H]6O)[C@H](O)[C@H]5O)[C@H](O)[C@H]4O)[C@@]3(C)O[C@H]2CC1=C.[Na+].[Na+]. The zero-order chi connectivity index (χ0) is 75.7. The Labute approximate surface area is 673 Å². The number of hydrogen-bond donors (Lipinski definition) is 8. The van der Waals surface area contributed by atoms with Crippen molar-refractivity contribution in [3.63, 3.8) is 0 Å². The van der Waals surface area contributed by atoms with E-state index in [9.17, 15) is 66.8 Å². The molecule has 0 aliphatic carbocycles. The molecule has 0 spiro atoms. The van der Waals surface area contributed by atoms with E-state index in [2.05, 4.69) is 44.7 Å². The fraction of sp³-hybridized carbons (Fsp3) is 0.887. The molecular weight excluding hydrogens is 1490 g/mol. The van der Waals surface area contributed by atoms with Gasteiger partial charge < -0.3 is 130 Å². The van der Waals surface area contributed by atoms with Gasteiger partial charge >= 0.3 is 59.1 Å². The Morgan fingerprint density at radius 3 is 1.72 bits per heavy atom. The maximum absolute atomic E-state index is 12.0. The van der Waals surface area contributed by atoms with E-state index in [4.69, 9.17) is 84.7 Å². The van der Waals surface area contributed by atoms with Crippen molar-refractivity contribution in [2.75, 3.05) is 26.4 Å². The third-order valence-electron chi connectivity index (χ3n) is 25.1. The van der Waals surface area contributed by atoms with Crippen LogP contribution in [-0.4, -0.2) is 317 Å². The summed E-state index contributed by atoms with van der Waals surface area (Å²) < 4.78 is 193. The fourth-order valence-corrected chi connectivity index (χ4v) is 20.1. The average molecular weight is 1600 g/mol. The quantitative estimate of drug-likeness (QED) is 0.0132. The zero-order valence-electron chi connectivity index (χ0n) is 62.4. The molecule has 602 valence electrons. The second-order valence-corrected chi connectivity index (χ2v) is 34.9.